The molecular weight excluding hydrogens is 274 g/mol. The van der Waals surface area contributed by atoms with Gasteiger partial charge in [-0.25, -0.2) is 0 Å². The summed E-state index contributed by atoms with van der Waals surface area (Å²) in [6.45, 7) is 0. The summed E-state index contributed by atoms with van der Waals surface area (Å²) in [6.07, 6.45) is 0. The van der Waals surface area contributed by atoms with Crippen molar-refractivity contribution in [3.8, 4) is 0 Å². The van der Waals surface area contributed by atoms with Crippen molar-refractivity contribution in [2.24, 2.45) is 0 Å². The van der Waals surface area contributed by atoms with Crippen LogP contribution in [0.2, 0.25) is 0 Å². The lowest BCUT2D eigenvalue weighted by Crippen LogP contribution is -3.00. The summed E-state index contributed by atoms with van der Waals surface area (Å²) in [7, 11) is 0. The second-order valence-corrected chi connectivity index (χ2v) is 2.70. The van der Waals surface area contributed by atoms with Crippen LogP contribution < -0.4 is 12.4 Å². The molecule has 0 aromatic heterocycles. The van der Waals surface area contributed by atoms with Crippen molar-refractivity contribution in [3.63, 3.8) is 0 Å². The number of nitrogens with zero attached hydrogens (tertiary/aromatic N) is 5. The molecule has 0 radical (unpaired) electrons. The number of rotatable bonds is 3. The number of hydrogen-bond donors (Lipinski definition) is 0. The van der Waals surface area contributed by atoms with Gasteiger partial charge in [-0.1, -0.05) is 0 Å². The molecule has 0 aliphatic heterocycles. The van der Waals surface area contributed by atoms with Gasteiger partial charge < -0.3 is 12.4 Å². The van der Waals surface area contributed by atoms with E-state index in [0.717, 1.165) is 0 Å². The quantitative estimate of drug-likeness (QED) is 0.384. The maximum absolute atomic E-state index is 10.5. The normalized spacial score (nSPS) is 8.83. The summed E-state index contributed by atoms with van der Waals surface area (Å²) >= 11 is 0. The fourth-order valence-electron chi connectivity index (χ4n) is 1.08. The van der Waals surface area contributed by atoms with E-state index in [1.165, 1.54) is 0 Å². The SMILES string of the molecule is N#[N+]c1c([N+](=O)[O-])cc([N+](=O)[O-])cc1[N+](=O)[O-].[Cl-]. The van der Waals surface area contributed by atoms with E-state index in [4.69, 9.17) is 5.39 Å². The summed E-state index contributed by atoms with van der Waals surface area (Å²) in [5.74, 6) is 0. The second kappa shape index (κ2) is 5.46. The van der Waals surface area contributed by atoms with Crippen LogP contribution in [0.3, 0.4) is 0 Å². The number of non-ortho nitro benzene ring substituents is 1. The summed E-state index contributed by atoms with van der Waals surface area (Å²) in [5.41, 5.74) is -3.82. The molecule has 0 spiro atoms. The van der Waals surface area contributed by atoms with Crippen LogP contribution in [0.5, 0.6) is 0 Å². The van der Waals surface area contributed by atoms with E-state index in [2.05, 4.69) is 4.98 Å². The average Bonchev–Trinajstić information content (AvgIpc) is 2.26. The molecule has 0 fully saturated rings. The Kier molecular flexibility index (Phi) is 4.59. The van der Waals surface area contributed by atoms with Gasteiger partial charge >= 0.3 is 17.1 Å². The lowest BCUT2D eigenvalue weighted by Gasteiger charge is -1.92. The van der Waals surface area contributed by atoms with Crippen molar-refractivity contribution < 1.29 is 27.2 Å². The largest absolute Gasteiger partial charge is 1.00 e. The summed E-state index contributed by atoms with van der Waals surface area (Å²) in [6, 6.07) is 0.949. The van der Waals surface area contributed by atoms with Crippen molar-refractivity contribution in [1.29, 1.82) is 5.39 Å². The Labute approximate surface area is 104 Å². The van der Waals surface area contributed by atoms with Gasteiger partial charge in [0, 0.05) is 0 Å². The molecule has 1 aromatic carbocycles. The number of nitro benzene ring substituents is 3. The molecule has 94 valence electrons. The van der Waals surface area contributed by atoms with E-state index in [1.807, 2.05) is 0 Å². The third-order valence-corrected chi connectivity index (χ3v) is 1.76. The Bertz CT molecular complexity index is 545. The Hall–Kier alpha value is -2.87. The molecule has 0 unspecified atom stereocenters. The third kappa shape index (κ3) is 2.62. The van der Waals surface area contributed by atoms with E-state index in [-0.39, 0.29) is 12.4 Å². The summed E-state index contributed by atoms with van der Waals surface area (Å²) in [4.78, 5) is 30.6. The zero-order valence-electron chi connectivity index (χ0n) is 8.22. The van der Waals surface area contributed by atoms with Crippen molar-refractivity contribution in [2.75, 3.05) is 0 Å². The van der Waals surface area contributed by atoms with Gasteiger partial charge in [-0.3, -0.25) is 30.3 Å². The van der Waals surface area contributed by atoms with E-state index < -0.39 is 37.5 Å². The fraction of sp³-hybridized carbons (Fsp3) is 0. The first-order chi connectivity index (χ1) is 7.88. The van der Waals surface area contributed by atoms with E-state index >= 15 is 0 Å². The van der Waals surface area contributed by atoms with Gasteiger partial charge in [0.2, 0.25) is 5.39 Å². The molecule has 0 atom stereocenters. The van der Waals surface area contributed by atoms with E-state index in [9.17, 15) is 30.3 Å². The average molecular weight is 276 g/mol. The van der Waals surface area contributed by atoms with Crippen LogP contribution in [0.15, 0.2) is 12.1 Å². The number of hydrogen-bond acceptors (Lipinski definition) is 7. The highest BCUT2D eigenvalue weighted by Crippen LogP contribution is 2.40. The summed E-state index contributed by atoms with van der Waals surface area (Å²) < 4.78 is 0. The smallest absolute Gasteiger partial charge is 0.537 e. The lowest BCUT2D eigenvalue weighted by molar-refractivity contribution is -0.401. The number of benzene rings is 1. The fourth-order valence-corrected chi connectivity index (χ4v) is 1.08. The van der Waals surface area contributed by atoms with Crippen LogP contribution in [0.1, 0.15) is 0 Å². The Balaban J connectivity index is 0.00000289. The van der Waals surface area contributed by atoms with Gasteiger partial charge in [0.15, 0.2) is 4.98 Å². The molecule has 0 bridgehead atoms. The highest BCUT2D eigenvalue weighted by Gasteiger charge is 2.40. The molecular formula is C6H2ClN5O6. The van der Waals surface area contributed by atoms with Gasteiger partial charge in [0.1, 0.15) is 12.1 Å². The minimum absolute atomic E-state index is 0. The van der Waals surface area contributed by atoms with Gasteiger partial charge in [-0.05, 0) is 0 Å². The minimum atomic E-state index is -1.12. The number of nitro groups is 3. The maximum Gasteiger partial charge on any atom is 0.537 e. The molecule has 0 N–H and O–H groups in total. The Morgan fingerprint density at radius 2 is 1.33 bits per heavy atom. The lowest BCUT2D eigenvalue weighted by atomic mass is 10.2. The maximum atomic E-state index is 10.5. The first kappa shape index (κ1) is 15.1. The van der Waals surface area contributed by atoms with Crippen molar-refractivity contribution in [1.82, 2.24) is 0 Å². The first-order valence-electron chi connectivity index (χ1n) is 3.84. The molecule has 12 heteroatoms. The molecule has 0 aliphatic carbocycles. The molecule has 0 aliphatic rings. The van der Waals surface area contributed by atoms with Crippen molar-refractivity contribution in [3.05, 3.63) is 47.5 Å². The van der Waals surface area contributed by atoms with Gasteiger partial charge in [0.25, 0.3) is 5.69 Å². The van der Waals surface area contributed by atoms with Gasteiger partial charge in [-0.2, -0.15) is 0 Å². The van der Waals surface area contributed by atoms with Crippen LogP contribution in [0.25, 0.3) is 4.98 Å². The van der Waals surface area contributed by atoms with E-state index in [1.54, 1.807) is 0 Å². The molecule has 0 saturated carbocycles. The van der Waals surface area contributed by atoms with Gasteiger partial charge in [0.05, 0.1) is 14.8 Å². The van der Waals surface area contributed by atoms with Gasteiger partial charge in [-0.15, -0.1) is 0 Å². The molecule has 0 amide bonds. The summed E-state index contributed by atoms with van der Waals surface area (Å²) in [5, 5.41) is 39.9. The second-order valence-electron chi connectivity index (χ2n) is 2.70. The molecule has 0 saturated heterocycles. The minimum Gasteiger partial charge on any atom is -1.00 e. The molecule has 1 rings (SSSR count). The van der Waals surface area contributed by atoms with Crippen molar-refractivity contribution >= 4 is 22.7 Å². The highest BCUT2D eigenvalue weighted by atomic mass is 35.5. The third-order valence-electron chi connectivity index (χ3n) is 1.76. The molecule has 0 heterocycles. The van der Waals surface area contributed by atoms with Crippen molar-refractivity contribution in [2.45, 2.75) is 0 Å². The predicted molar refractivity (Wildman–Crippen MR) is 51.1 cm³/mol. The molecule has 1 aromatic rings. The zero-order valence-corrected chi connectivity index (χ0v) is 8.97. The van der Waals surface area contributed by atoms with Crippen LogP contribution in [0, 0.1) is 35.7 Å². The standard InChI is InChI=1S/C6H2N5O6.ClH/c7-8-6-4(10(14)15)1-3(9(12)13)2-5(6)11(16)17;/h1-2H;1H/q+1;/p-1. The Morgan fingerprint density at radius 3 is 1.56 bits per heavy atom. The van der Waals surface area contributed by atoms with Crippen LogP contribution in [-0.2, 0) is 0 Å². The zero-order chi connectivity index (χ0) is 13.2. The first-order valence-corrected chi connectivity index (χ1v) is 3.84. The Morgan fingerprint density at radius 1 is 0.944 bits per heavy atom. The number of diazo groups is 1. The highest BCUT2D eigenvalue weighted by molar-refractivity contribution is 5.77. The van der Waals surface area contributed by atoms with Crippen LogP contribution >= 0.6 is 0 Å². The molecule has 11 nitrogen and oxygen atoms in total. The van der Waals surface area contributed by atoms with Crippen LogP contribution in [0.4, 0.5) is 22.7 Å². The number of halogens is 1. The predicted octanol–water partition coefficient (Wildman–Crippen LogP) is -1.10. The topological polar surface area (TPSA) is 158 Å². The van der Waals surface area contributed by atoms with E-state index in [0.29, 0.717) is 12.1 Å². The monoisotopic (exact) mass is 275 g/mol. The van der Waals surface area contributed by atoms with Crippen LogP contribution in [-0.4, -0.2) is 14.8 Å². The molecule has 18 heavy (non-hydrogen) atoms.